The molecule has 3 rings (SSSR count). The molecular formula is C21H29N5O. The molecule has 0 aliphatic carbocycles. The maximum Gasteiger partial charge on any atom is 0.228 e. The van der Waals surface area contributed by atoms with Gasteiger partial charge in [0, 0.05) is 38.6 Å². The second kappa shape index (κ2) is 9.46. The summed E-state index contributed by atoms with van der Waals surface area (Å²) in [5, 5.41) is 11.4. The second-order valence-corrected chi connectivity index (χ2v) is 7.03. The molecule has 1 fully saturated rings. The summed E-state index contributed by atoms with van der Waals surface area (Å²) in [6, 6.07) is 14.4. The second-order valence-electron chi connectivity index (χ2n) is 7.03. The number of piperazine rings is 1. The van der Waals surface area contributed by atoms with Crippen molar-refractivity contribution in [2.45, 2.75) is 33.2 Å². The number of nitrogens with zero attached hydrogens (tertiary/aromatic N) is 4. The minimum atomic E-state index is 0.0246. The number of aromatic nitrogens is 2. The molecule has 1 saturated heterocycles. The summed E-state index contributed by atoms with van der Waals surface area (Å²) in [6.07, 6.45) is 1.67. The van der Waals surface area contributed by atoms with E-state index in [-0.39, 0.29) is 11.8 Å². The van der Waals surface area contributed by atoms with E-state index in [0.717, 1.165) is 51.4 Å². The average molecular weight is 367 g/mol. The van der Waals surface area contributed by atoms with Crippen LogP contribution in [0.4, 0.5) is 11.6 Å². The van der Waals surface area contributed by atoms with Gasteiger partial charge in [-0.15, -0.1) is 10.2 Å². The minimum Gasteiger partial charge on any atom is -0.353 e. The van der Waals surface area contributed by atoms with Gasteiger partial charge in [0.1, 0.15) is 0 Å². The Morgan fingerprint density at radius 3 is 2.30 bits per heavy atom. The average Bonchev–Trinajstić information content (AvgIpc) is 2.71. The molecule has 0 radical (unpaired) electrons. The highest BCUT2D eigenvalue weighted by atomic mass is 16.1. The topological polar surface area (TPSA) is 61.4 Å². The number of carbonyl (C=O) groups excluding carboxylic acids is 1. The molecule has 0 atom stereocenters. The van der Waals surface area contributed by atoms with E-state index in [1.807, 2.05) is 26.0 Å². The van der Waals surface area contributed by atoms with Gasteiger partial charge in [0.25, 0.3) is 0 Å². The van der Waals surface area contributed by atoms with Crippen LogP contribution in [0.15, 0.2) is 42.5 Å². The van der Waals surface area contributed by atoms with E-state index in [9.17, 15) is 4.79 Å². The van der Waals surface area contributed by atoms with Crippen molar-refractivity contribution in [3.8, 4) is 0 Å². The molecule has 0 saturated carbocycles. The molecule has 2 aromatic rings. The summed E-state index contributed by atoms with van der Waals surface area (Å²) in [5.74, 6) is 1.45. The number of benzene rings is 1. The number of carbonyl (C=O) groups is 1. The van der Waals surface area contributed by atoms with Crippen molar-refractivity contribution in [1.29, 1.82) is 0 Å². The number of nitrogens with one attached hydrogen (secondary N) is 1. The Kier molecular flexibility index (Phi) is 6.76. The van der Waals surface area contributed by atoms with Gasteiger partial charge >= 0.3 is 0 Å². The maximum atomic E-state index is 12.2. The van der Waals surface area contributed by atoms with Gasteiger partial charge in [-0.2, -0.15) is 0 Å². The summed E-state index contributed by atoms with van der Waals surface area (Å²) in [4.78, 5) is 16.9. The normalized spacial score (nSPS) is 15.1. The summed E-state index contributed by atoms with van der Waals surface area (Å²) < 4.78 is 0. The van der Waals surface area contributed by atoms with E-state index >= 15 is 0 Å². The summed E-state index contributed by atoms with van der Waals surface area (Å²) >= 11 is 0. The highest BCUT2D eigenvalue weighted by Crippen LogP contribution is 2.17. The van der Waals surface area contributed by atoms with Crippen LogP contribution in [0.1, 0.15) is 32.3 Å². The van der Waals surface area contributed by atoms with Gasteiger partial charge in [0.15, 0.2) is 11.6 Å². The van der Waals surface area contributed by atoms with E-state index in [4.69, 9.17) is 0 Å². The monoisotopic (exact) mass is 367 g/mol. The summed E-state index contributed by atoms with van der Waals surface area (Å²) in [7, 11) is 0. The van der Waals surface area contributed by atoms with E-state index in [2.05, 4.69) is 55.6 Å². The van der Waals surface area contributed by atoms with Crippen LogP contribution < -0.4 is 10.2 Å². The van der Waals surface area contributed by atoms with Gasteiger partial charge in [0.05, 0.1) is 0 Å². The van der Waals surface area contributed by atoms with Gasteiger partial charge in [-0.1, -0.05) is 44.2 Å². The lowest BCUT2D eigenvalue weighted by Crippen LogP contribution is -2.46. The third-order valence-electron chi connectivity index (χ3n) is 5.20. The highest BCUT2D eigenvalue weighted by molar-refractivity contribution is 5.91. The Morgan fingerprint density at radius 1 is 1.00 bits per heavy atom. The molecule has 1 aliphatic rings. The van der Waals surface area contributed by atoms with Crippen LogP contribution in [0.2, 0.25) is 0 Å². The Labute approximate surface area is 161 Å². The van der Waals surface area contributed by atoms with Gasteiger partial charge in [-0.3, -0.25) is 9.69 Å². The van der Waals surface area contributed by atoms with Crippen LogP contribution in [-0.2, 0) is 11.3 Å². The largest absolute Gasteiger partial charge is 0.353 e. The molecule has 1 N–H and O–H groups in total. The molecule has 1 aromatic heterocycles. The molecule has 1 amide bonds. The Morgan fingerprint density at radius 2 is 1.70 bits per heavy atom. The zero-order chi connectivity index (χ0) is 19.1. The molecule has 144 valence electrons. The lowest BCUT2D eigenvalue weighted by molar-refractivity contribution is -0.120. The fourth-order valence-electron chi connectivity index (χ4n) is 3.43. The lowest BCUT2D eigenvalue weighted by Gasteiger charge is -2.35. The Hall–Kier alpha value is -2.47. The summed E-state index contributed by atoms with van der Waals surface area (Å²) in [5.41, 5.74) is 1.35. The Bertz CT molecular complexity index is 707. The van der Waals surface area contributed by atoms with Crippen molar-refractivity contribution in [3.05, 3.63) is 48.0 Å². The smallest absolute Gasteiger partial charge is 0.228 e. The molecule has 6 heteroatoms. The van der Waals surface area contributed by atoms with Crippen molar-refractivity contribution >= 4 is 17.5 Å². The number of hydrogen-bond acceptors (Lipinski definition) is 5. The molecule has 2 heterocycles. The minimum absolute atomic E-state index is 0.0246. The van der Waals surface area contributed by atoms with E-state index in [1.165, 1.54) is 5.56 Å². The first-order chi connectivity index (χ1) is 13.2. The van der Waals surface area contributed by atoms with Gasteiger partial charge in [-0.25, -0.2) is 0 Å². The SMILES string of the molecule is CCC(CC)C(=O)Nc1ccc(N2CCN(Cc3ccccc3)CC2)nn1. The van der Waals surface area contributed by atoms with Crippen molar-refractivity contribution in [2.75, 3.05) is 36.4 Å². The molecule has 1 aliphatic heterocycles. The van der Waals surface area contributed by atoms with Crippen molar-refractivity contribution in [3.63, 3.8) is 0 Å². The van der Waals surface area contributed by atoms with Crippen molar-refractivity contribution in [2.24, 2.45) is 5.92 Å². The molecule has 0 spiro atoms. The first-order valence-corrected chi connectivity index (χ1v) is 9.85. The predicted molar refractivity (Wildman–Crippen MR) is 109 cm³/mol. The highest BCUT2D eigenvalue weighted by Gasteiger charge is 2.19. The van der Waals surface area contributed by atoms with Crippen LogP contribution in [-0.4, -0.2) is 47.2 Å². The standard InChI is InChI=1S/C21H29N5O/c1-3-18(4-2)21(27)22-19-10-11-20(24-23-19)26-14-12-25(13-15-26)16-17-8-6-5-7-9-17/h5-11,18H,3-4,12-16H2,1-2H3,(H,22,23,27). The molecule has 0 unspecified atom stereocenters. The first kappa shape index (κ1) is 19.3. The van der Waals surface area contributed by atoms with Crippen molar-refractivity contribution < 1.29 is 4.79 Å². The number of hydrogen-bond donors (Lipinski definition) is 1. The van der Waals surface area contributed by atoms with E-state index in [1.54, 1.807) is 0 Å². The van der Waals surface area contributed by atoms with E-state index < -0.39 is 0 Å². The number of anilines is 2. The van der Waals surface area contributed by atoms with Crippen LogP contribution in [0.5, 0.6) is 0 Å². The van der Waals surface area contributed by atoms with Gasteiger partial charge in [-0.05, 0) is 30.5 Å². The number of rotatable bonds is 7. The van der Waals surface area contributed by atoms with Gasteiger partial charge in [0.2, 0.25) is 5.91 Å². The van der Waals surface area contributed by atoms with Crippen LogP contribution in [0.3, 0.4) is 0 Å². The zero-order valence-electron chi connectivity index (χ0n) is 16.3. The fraction of sp³-hybridized carbons (Fsp3) is 0.476. The molecular weight excluding hydrogens is 338 g/mol. The molecule has 0 bridgehead atoms. The lowest BCUT2D eigenvalue weighted by atomic mass is 10.0. The van der Waals surface area contributed by atoms with Crippen molar-refractivity contribution in [1.82, 2.24) is 15.1 Å². The van der Waals surface area contributed by atoms with Crippen LogP contribution in [0.25, 0.3) is 0 Å². The zero-order valence-corrected chi connectivity index (χ0v) is 16.3. The third-order valence-corrected chi connectivity index (χ3v) is 5.20. The third kappa shape index (κ3) is 5.26. The van der Waals surface area contributed by atoms with Crippen LogP contribution >= 0.6 is 0 Å². The summed E-state index contributed by atoms with van der Waals surface area (Å²) in [6.45, 7) is 8.91. The molecule has 1 aromatic carbocycles. The van der Waals surface area contributed by atoms with Crippen LogP contribution in [0, 0.1) is 5.92 Å². The maximum absolute atomic E-state index is 12.2. The van der Waals surface area contributed by atoms with Gasteiger partial charge < -0.3 is 10.2 Å². The Balaban J connectivity index is 1.50. The predicted octanol–water partition coefficient (Wildman–Crippen LogP) is 3.17. The number of amides is 1. The molecule has 6 nitrogen and oxygen atoms in total. The first-order valence-electron chi connectivity index (χ1n) is 9.85. The molecule has 27 heavy (non-hydrogen) atoms. The van der Waals surface area contributed by atoms with E-state index in [0.29, 0.717) is 5.82 Å². The fourth-order valence-corrected chi connectivity index (χ4v) is 3.43. The quantitative estimate of drug-likeness (QED) is 0.814.